The van der Waals surface area contributed by atoms with Gasteiger partial charge in [0.25, 0.3) is 0 Å². The van der Waals surface area contributed by atoms with Crippen LogP contribution in [0.4, 0.5) is 0 Å². The van der Waals surface area contributed by atoms with Crippen LogP contribution >= 0.6 is 0 Å². The topological polar surface area (TPSA) is 25.8 Å². The summed E-state index contributed by atoms with van der Waals surface area (Å²) in [5.41, 5.74) is 10.3. The Bertz CT molecular complexity index is 2810. The third-order valence-corrected chi connectivity index (χ3v) is 20.1. The van der Waals surface area contributed by atoms with Gasteiger partial charge in [0, 0.05) is 22.0 Å². The first-order valence-electron chi connectivity index (χ1n) is 20.1. The molecule has 58 heavy (non-hydrogen) atoms. The van der Waals surface area contributed by atoms with Gasteiger partial charge in [-0.05, 0) is 65.9 Å². The summed E-state index contributed by atoms with van der Waals surface area (Å²) in [6.07, 6.45) is 0. The molecule has 0 unspecified atom stereocenters. The first kappa shape index (κ1) is 35.7. The van der Waals surface area contributed by atoms with Crippen LogP contribution in [0.1, 0.15) is 0 Å². The Balaban J connectivity index is 1.14. The fraction of sp³-hybridized carbons (Fsp3) is 0.0370. The van der Waals surface area contributed by atoms with Crippen LogP contribution in [0.15, 0.2) is 218 Å². The van der Waals surface area contributed by atoms with Gasteiger partial charge >= 0.3 is 0 Å². The van der Waals surface area contributed by atoms with Gasteiger partial charge in [0.15, 0.2) is 13.9 Å². The van der Waals surface area contributed by atoms with Crippen LogP contribution in [0.2, 0.25) is 13.1 Å². The van der Waals surface area contributed by atoms with Crippen molar-refractivity contribution in [3.05, 3.63) is 218 Å². The standard InChI is InChI=1S/C54H42N2Si2/c1-57(2)50-35-16-15-34-49(50)51-52(43-25-17-22-40(36-43)39-20-7-3-8-21-39)55-53(56-54(51)57)44-26-18-23-41(37-44)42-24-19-33-48(38-42)58(45-27-9-4-10-28-45,46-29-11-5-12-30-46)47-31-13-6-14-32-47/h3-38H,1-2H3. The minimum atomic E-state index is -2.70. The highest BCUT2D eigenvalue weighted by Crippen LogP contribution is 2.38. The Kier molecular flexibility index (Phi) is 9.01. The van der Waals surface area contributed by atoms with Crippen LogP contribution in [0.5, 0.6) is 0 Å². The zero-order chi connectivity index (χ0) is 39.1. The maximum absolute atomic E-state index is 5.53. The summed E-state index contributed by atoms with van der Waals surface area (Å²) in [6.45, 7) is 4.87. The second-order valence-corrected chi connectivity index (χ2v) is 23.8. The lowest BCUT2D eigenvalue weighted by atomic mass is 9.97. The van der Waals surface area contributed by atoms with Crippen molar-refractivity contribution in [1.29, 1.82) is 0 Å². The highest BCUT2D eigenvalue weighted by molar-refractivity contribution is 7.20. The van der Waals surface area contributed by atoms with E-state index in [4.69, 9.17) is 9.97 Å². The van der Waals surface area contributed by atoms with Gasteiger partial charge in [-0.1, -0.05) is 219 Å². The van der Waals surface area contributed by atoms with Gasteiger partial charge < -0.3 is 0 Å². The van der Waals surface area contributed by atoms with E-state index < -0.39 is 16.1 Å². The molecule has 10 rings (SSSR count). The van der Waals surface area contributed by atoms with Crippen molar-refractivity contribution in [3.8, 4) is 56.0 Å². The van der Waals surface area contributed by atoms with E-state index in [-0.39, 0.29) is 0 Å². The van der Waals surface area contributed by atoms with Gasteiger partial charge in [-0.25, -0.2) is 9.97 Å². The van der Waals surface area contributed by atoms with Crippen molar-refractivity contribution < 1.29 is 0 Å². The summed E-state index contributed by atoms with van der Waals surface area (Å²) in [6, 6.07) is 79.9. The van der Waals surface area contributed by atoms with Crippen LogP contribution in [0.25, 0.3) is 56.0 Å². The molecule has 0 spiro atoms. The summed E-state index contributed by atoms with van der Waals surface area (Å²) in [4.78, 5) is 11.0. The van der Waals surface area contributed by atoms with E-state index in [2.05, 4.69) is 231 Å². The van der Waals surface area contributed by atoms with E-state index >= 15 is 0 Å². The zero-order valence-electron chi connectivity index (χ0n) is 32.7. The monoisotopic (exact) mass is 774 g/mol. The van der Waals surface area contributed by atoms with Crippen LogP contribution in [0.3, 0.4) is 0 Å². The molecular formula is C54H42N2Si2. The highest BCUT2D eigenvalue weighted by atomic mass is 28.3. The second kappa shape index (κ2) is 14.7. The molecule has 0 saturated carbocycles. The largest absolute Gasteiger partial charge is 0.237 e. The summed E-state index contributed by atoms with van der Waals surface area (Å²) >= 11 is 0. The van der Waals surface area contributed by atoms with Crippen molar-refractivity contribution in [3.63, 3.8) is 0 Å². The van der Waals surface area contributed by atoms with Gasteiger partial charge in [0.05, 0.1) is 5.69 Å². The number of aromatic nitrogens is 2. The molecular weight excluding hydrogens is 733 g/mol. The van der Waals surface area contributed by atoms with Crippen molar-refractivity contribution >= 4 is 47.4 Å². The van der Waals surface area contributed by atoms with Crippen LogP contribution in [-0.2, 0) is 0 Å². The lowest BCUT2D eigenvalue weighted by Crippen LogP contribution is -2.74. The lowest BCUT2D eigenvalue weighted by Gasteiger charge is -2.34. The van der Waals surface area contributed by atoms with Crippen LogP contribution < -0.4 is 31.3 Å². The lowest BCUT2D eigenvalue weighted by molar-refractivity contribution is 1.21. The van der Waals surface area contributed by atoms with E-state index in [1.54, 1.807) is 0 Å². The molecule has 1 aliphatic rings. The Morgan fingerprint density at radius 1 is 0.362 bits per heavy atom. The van der Waals surface area contributed by atoms with Crippen molar-refractivity contribution in [2.24, 2.45) is 0 Å². The molecule has 1 aliphatic heterocycles. The van der Waals surface area contributed by atoms with Crippen molar-refractivity contribution in [2.45, 2.75) is 13.1 Å². The van der Waals surface area contributed by atoms with Gasteiger partial charge in [0.2, 0.25) is 0 Å². The van der Waals surface area contributed by atoms with Gasteiger partial charge in [-0.2, -0.15) is 0 Å². The molecule has 0 fully saturated rings. The molecule has 0 N–H and O–H groups in total. The third-order valence-electron chi connectivity index (χ3n) is 12.0. The smallest absolute Gasteiger partial charge is 0.179 e. The van der Waals surface area contributed by atoms with Gasteiger partial charge in [-0.15, -0.1) is 0 Å². The van der Waals surface area contributed by atoms with Crippen LogP contribution in [0, 0.1) is 0 Å². The van der Waals surface area contributed by atoms with E-state index in [0.29, 0.717) is 0 Å². The molecule has 8 aromatic carbocycles. The minimum absolute atomic E-state index is 0.770. The molecule has 0 amide bonds. The van der Waals surface area contributed by atoms with E-state index in [9.17, 15) is 0 Å². The minimum Gasteiger partial charge on any atom is -0.237 e. The van der Waals surface area contributed by atoms with Crippen molar-refractivity contribution in [1.82, 2.24) is 9.97 Å². The second-order valence-electron chi connectivity index (χ2n) is 15.7. The number of nitrogens with zero attached hydrogens (tertiary/aromatic N) is 2. The Hall–Kier alpha value is -6.73. The third kappa shape index (κ3) is 6.01. The molecule has 9 aromatic rings. The fourth-order valence-electron chi connectivity index (χ4n) is 9.19. The molecule has 2 nitrogen and oxygen atoms in total. The molecule has 2 heterocycles. The van der Waals surface area contributed by atoms with Gasteiger partial charge in [0.1, 0.15) is 8.07 Å². The number of hydrogen-bond donors (Lipinski definition) is 0. The maximum Gasteiger partial charge on any atom is 0.179 e. The summed E-state index contributed by atoms with van der Waals surface area (Å²) in [7, 11) is -4.83. The normalized spacial score (nSPS) is 12.8. The zero-order valence-corrected chi connectivity index (χ0v) is 34.7. The predicted molar refractivity (Wildman–Crippen MR) is 250 cm³/mol. The Morgan fingerprint density at radius 2 is 0.793 bits per heavy atom. The summed E-state index contributed by atoms with van der Waals surface area (Å²) in [5, 5.41) is 8.06. The molecule has 0 radical (unpaired) electrons. The SMILES string of the molecule is C[Si]1(C)c2ccccc2-c2c(-c3cccc(-c4ccccc4)c3)nc(-c3cccc(-c4cccc([Si](c5ccccc5)(c5ccccc5)c5ccccc5)c4)c3)nc21. The molecule has 0 aliphatic carbocycles. The number of hydrogen-bond acceptors (Lipinski definition) is 2. The number of rotatable bonds is 8. The maximum atomic E-state index is 5.53. The van der Waals surface area contributed by atoms with E-state index in [0.717, 1.165) is 28.2 Å². The molecule has 4 heteroatoms. The van der Waals surface area contributed by atoms with E-state index in [1.165, 1.54) is 59.1 Å². The number of fused-ring (bicyclic) bond motifs is 3. The quantitative estimate of drug-likeness (QED) is 0.114. The summed E-state index contributed by atoms with van der Waals surface area (Å²) in [5.74, 6) is 0.770. The molecule has 0 atom stereocenters. The first-order chi connectivity index (χ1) is 28.5. The van der Waals surface area contributed by atoms with Gasteiger partial charge in [-0.3, -0.25) is 0 Å². The number of benzene rings is 8. The Morgan fingerprint density at radius 3 is 1.41 bits per heavy atom. The molecule has 1 aromatic heterocycles. The fourth-order valence-corrected chi connectivity index (χ4v) is 16.9. The first-order valence-corrected chi connectivity index (χ1v) is 25.1. The molecule has 276 valence electrons. The van der Waals surface area contributed by atoms with E-state index in [1.807, 2.05) is 0 Å². The molecule has 0 saturated heterocycles. The van der Waals surface area contributed by atoms with Crippen molar-refractivity contribution in [2.75, 3.05) is 0 Å². The predicted octanol–water partition coefficient (Wildman–Crippen LogP) is 9.33. The molecule has 0 bridgehead atoms. The summed E-state index contributed by atoms with van der Waals surface area (Å²) < 4.78 is 0. The van der Waals surface area contributed by atoms with Crippen LogP contribution in [-0.4, -0.2) is 26.1 Å². The Labute approximate surface area is 343 Å². The highest BCUT2D eigenvalue weighted by Gasteiger charge is 2.42. The average Bonchev–Trinajstić information content (AvgIpc) is 3.53. The average molecular weight is 775 g/mol.